The van der Waals surface area contributed by atoms with E-state index in [1.54, 1.807) is 6.20 Å². The van der Waals surface area contributed by atoms with E-state index in [0.29, 0.717) is 5.92 Å². The highest BCUT2D eigenvalue weighted by molar-refractivity contribution is 5.84. The third-order valence-corrected chi connectivity index (χ3v) is 5.04. The van der Waals surface area contributed by atoms with Gasteiger partial charge in [0.25, 0.3) is 0 Å². The van der Waals surface area contributed by atoms with Crippen LogP contribution in [0.4, 0.5) is 0 Å². The molecule has 2 aromatic rings. The first-order chi connectivity index (χ1) is 11.8. The topological polar surface area (TPSA) is 49.3 Å². The van der Waals surface area contributed by atoms with E-state index in [4.69, 9.17) is 0 Å². The summed E-state index contributed by atoms with van der Waals surface area (Å²) in [4.78, 5) is 26.0. The Balaban J connectivity index is 1.49. The summed E-state index contributed by atoms with van der Waals surface area (Å²) in [6.45, 7) is 3.51. The molecule has 0 aliphatic carbocycles. The summed E-state index contributed by atoms with van der Waals surface area (Å²) in [5, 5.41) is 0. The fourth-order valence-electron chi connectivity index (χ4n) is 3.68. The average Bonchev–Trinajstić information content (AvgIpc) is 3.10. The lowest BCUT2D eigenvalue weighted by Gasteiger charge is -2.42. The molecule has 2 saturated heterocycles. The Labute approximate surface area is 142 Å². The predicted molar refractivity (Wildman–Crippen MR) is 91.3 cm³/mol. The van der Waals surface area contributed by atoms with Crippen LogP contribution in [0.25, 0.3) is 0 Å². The lowest BCUT2D eigenvalue weighted by atomic mass is 9.93. The summed E-state index contributed by atoms with van der Waals surface area (Å²) in [5.41, 5.74) is 2.09. The molecule has 2 fully saturated rings. The van der Waals surface area contributed by atoms with Gasteiger partial charge in [-0.15, -0.1) is 0 Å². The van der Waals surface area contributed by atoms with E-state index >= 15 is 0 Å². The van der Waals surface area contributed by atoms with Crippen LogP contribution in [-0.4, -0.2) is 51.9 Å². The molecule has 2 aromatic heterocycles. The van der Waals surface area contributed by atoms with E-state index < -0.39 is 0 Å². The van der Waals surface area contributed by atoms with Gasteiger partial charge in [0.05, 0.1) is 0 Å². The fraction of sp³-hybridized carbons (Fsp3) is 0.421. The first-order valence-electron chi connectivity index (χ1n) is 8.66. The van der Waals surface area contributed by atoms with Crippen molar-refractivity contribution in [3.8, 4) is 0 Å². The standard InChI is InChI=1S/C19H22N4O/c24-19(23-13-16(14-23)17-7-1-2-9-21-17)18(22-10-3-4-11-22)15-6-5-8-20-12-15/h1-2,5-9,12,16,18H,3-4,10-11,13-14H2. The molecule has 1 atom stereocenters. The summed E-state index contributed by atoms with van der Waals surface area (Å²) in [5.74, 6) is 0.570. The molecule has 0 radical (unpaired) electrons. The van der Waals surface area contributed by atoms with Crippen LogP contribution in [0.3, 0.4) is 0 Å². The van der Waals surface area contributed by atoms with Crippen LogP contribution >= 0.6 is 0 Å². The molecule has 5 heteroatoms. The molecule has 0 aromatic carbocycles. The number of carbonyl (C=O) groups is 1. The summed E-state index contributed by atoms with van der Waals surface area (Å²) >= 11 is 0. The first-order valence-corrected chi connectivity index (χ1v) is 8.66. The van der Waals surface area contributed by atoms with Gasteiger partial charge in [0.1, 0.15) is 6.04 Å². The molecular formula is C19H22N4O. The van der Waals surface area contributed by atoms with Crippen molar-refractivity contribution >= 4 is 5.91 Å². The zero-order valence-electron chi connectivity index (χ0n) is 13.7. The van der Waals surface area contributed by atoms with Crippen molar-refractivity contribution in [2.45, 2.75) is 24.8 Å². The monoisotopic (exact) mass is 322 g/mol. The van der Waals surface area contributed by atoms with Crippen LogP contribution < -0.4 is 0 Å². The zero-order chi connectivity index (χ0) is 16.4. The number of pyridine rings is 2. The van der Waals surface area contributed by atoms with Crippen LogP contribution in [0.1, 0.15) is 36.1 Å². The number of carbonyl (C=O) groups excluding carboxylic acids is 1. The third-order valence-electron chi connectivity index (χ3n) is 5.04. The minimum atomic E-state index is -0.189. The SMILES string of the molecule is O=C(C(c1cccnc1)N1CCCC1)N1CC(c2ccccn2)C1. The normalized spacial score (nSPS) is 19.9. The van der Waals surface area contributed by atoms with E-state index in [1.165, 1.54) is 12.8 Å². The van der Waals surface area contributed by atoms with E-state index in [9.17, 15) is 4.79 Å². The van der Waals surface area contributed by atoms with Gasteiger partial charge in [-0.3, -0.25) is 19.7 Å². The first kappa shape index (κ1) is 15.3. The van der Waals surface area contributed by atoms with Crippen molar-refractivity contribution in [1.29, 1.82) is 0 Å². The second-order valence-electron chi connectivity index (χ2n) is 6.63. The number of rotatable bonds is 4. The Bertz CT molecular complexity index is 679. The smallest absolute Gasteiger partial charge is 0.244 e. The summed E-state index contributed by atoms with van der Waals surface area (Å²) < 4.78 is 0. The molecule has 0 N–H and O–H groups in total. The van der Waals surface area contributed by atoms with Crippen molar-refractivity contribution < 1.29 is 4.79 Å². The number of aromatic nitrogens is 2. The highest BCUT2D eigenvalue weighted by Crippen LogP contribution is 2.32. The molecule has 1 unspecified atom stereocenters. The van der Waals surface area contributed by atoms with Gasteiger partial charge in [-0.1, -0.05) is 12.1 Å². The third kappa shape index (κ3) is 2.91. The summed E-state index contributed by atoms with van der Waals surface area (Å²) in [6, 6.07) is 9.73. The molecular weight excluding hydrogens is 300 g/mol. The summed E-state index contributed by atoms with van der Waals surface area (Å²) in [6.07, 6.45) is 7.75. The van der Waals surface area contributed by atoms with Gasteiger partial charge >= 0.3 is 0 Å². The van der Waals surface area contributed by atoms with Gasteiger partial charge in [-0.2, -0.15) is 0 Å². The van der Waals surface area contributed by atoms with Crippen LogP contribution in [0, 0.1) is 0 Å². The Morgan fingerprint density at radius 2 is 1.92 bits per heavy atom. The van der Waals surface area contributed by atoms with Gasteiger partial charge in [0.2, 0.25) is 5.91 Å². The maximum atomic E-state index is 13.1. The number of hydrogen-bond acceptors (Lipinski definition) is 4. The van der Waals surface area contributed by atoms with E-state index in [-0.39, 0.29) is 11.9 Å². The van der Waals surface area contributed by atoms with Gasteiger partial charge in [-0.25, -0.2) is 0 Å². The molecule has 4 heterocycles. The molecule has 0 saturated carbocycles. The van der Waals surface area contributed by atoms with Crippen molar-refractivity contribution in [3.05, 3.63) is 60.2 Å². The molecule has 4 rings (SSSR count). The molecule has 0 bridgehead atoms. The number of nitrogens with zero attached hydrogens (tertiary/aromatic N) is 4. The average molecular weight is 322 g/mol. The Kier molecular flexibility index (Phi) is 4.26. The van der Waals surface area contributed by atoms with Gasteiger partial charge in [0.15, 0.2) is 0 Å². The van der Waals surface area contributed by atoms with E-state index in [2.05, 4.69) is 14.9 Å². The molecule has 2 aliphatic heterocycles. The lowest BCUT2D eigenvalue weighted by Crippen LogP contribution is -2.52. The van der Waals surface area contributed by atoms with Crippen molar-refractivity contribution in [1.82, 2.24) is 19.8 Å². The van der Waals surface area contributed by atoms with Crippen LogP contribution in [-0.2, 0) is 4.79 Å². The molecule has 1 amide bonds. The van der Waals surface area contributed by atoms with E-state index in [1.807, 2.05) is 47.6 Å². The maximum Gasteiger partial charge on any atom is 0.244 e. The number of hydrogen-bond donors (Lipinski definition) is 0. The van der Waals surface area contributed by atoms with Gasteiger partial charge in [0, 0.05) is 43.3 Å². The largest absolute Gasteiger partial charge is 0.340 e. The highest BCUT2D eigenvalue weighted by atomic mass is 16.2. The maximum absolute atomic E-state index is 13.1. The predicted octanol–water partition coefficient (Wildman–Crippen LogP) is 2.24. The Hall–Kier alpha value is -2.27. The van der Waals surface area contributed by atoms with Crippen molar-refractivity contribution in [2.24, 2.45) is 0 Å². The molecule has 124 valence electrons. The minimum Gasteiger partial charge on any atom is -0.340 e. The molecule has 0 spiro atoms. The van der Waals surface area contributed by atoms with Crippen LogP contribution in [0.15, 0.2) is 48.9 Å². The van der Waals surface area contributed by atoms with Crippen LogP contribution in [0.5, 0.6) is 0 Å². The molecule has 2 aliphatic rings. The Morgan fingerprint density at radius 3 is 2.58 bits per heavy atom. The van der Waals surface area contributed by atoms with E-state index in [0.717, 1.165) is 37.4 Å². The van der Waals surface area contributed by atoms with Crippen molar-refractivity contribution in [3.63, 3.8) is 0 Å². The minimum absolute atomic E-state index is 0.189. The zero-order valence-corrected chi connectivity index (χ0v) is 13.7. The number of amides is 1. The Morgan fingerprint density at radius 1 is 1.08 bits per heavy atom. The second-order valence-corrected chi connectivity index (χ2v) is 6.63. The summed E-state index contributed by atoms with van der Waals surface area (Å²) in [7, 11) is 0. The molecule has 24 heavy (non-hydrogen) atoms. The number of likely N-dealkylation sites (tertiary alicyclic amines) is 2. The highest BCUT2D eigenvalue weighted by Gasteiger charge is 2.39. The fourth-order valence-corrected chi connectivity index (χ4v) is 3.68. The quantitative estimate of drug-likeness (QED) is 0.866. The van der Waals surface area contributed by atoms with Crippen molar-refractivity contribution in [2.75, 3.05) is 26.2 Å². The molecule has 5 nitrogen and oxygen atoms in total. The second kappa shape index (κ2) is 6.69. The van der Waals surface area contributed by atoms with Gasteiger partial charge < -0.3 is 4.90 Å². The lowest BCUT2D eigenvalue weighted by molar-refractivity contribution is -0.141. The van der Waals surface area contributed by atoms with Gasteiger partial charge in [-0.05, 0) is 49.7 Å². The van der Waals surface area contributed by atoms with Crippen LogP contribution in [0.2, 0.25) is 0 Å².